The summed E-state index contributed by atoms with van der Waals surface area (Å²) in [5.41, 5.74) is 1.95. The zero-order valence-corrected chi connectivity index (χ0v) is 12.7. The van der Waals surface area contributed by atoms with Gasteiger partial charge in [0, 0.05) is 12.2 Å². The first-order valence-electron chi connectivity index (χ1n) is 7.47. The van der Waals surface area contributed by atoms with Gasteiger partial charge in [0.15, 0.2) is 0 Å². The number of aryl methyl sites for hydroxylation is 2. The van der Waals surface area contributed by atoms with Gasteiger partial charge in [0.1, 0.15) is 5.54 Å². The highest BCUT2D eigenvalue weighted by molar-refractivity contribution is 5.80. The van der Waals surface area contributed by atoms with Gasteiger partial charge < -0.3 is 14.6 Å². The number of hydrogen-bond donors (Lipinski definition) is 1. The summed E-state index contributed by atoms with van der Waals surface area (Å²) in [5.74, 6) is -0.201. The lowest BCUT2D eigenvalue weighted by Crippen LogP contribution is -2.50. The van der Waals surface area contributed by atoms with Gasteiger partial charge in [0.25, 0.3) is 0 Å². The molecular formula is C15H25N3O2. The topological polar surface area (TPSA) is 56.2 Å². The first kappa shape index (κ1) is 15.0. The minimum absolute atomic E-state index is 0.201. The fourth-order valence-corrected chi connectivity index (χ4v) is 2.95. The second kappa shape index (κ2) is 6.39. The molecule has 5 nitrogen and oxygen atoms in total. The van der Waals surface area contributed by atoms with Crippen molar-refractivity contribution in [2.24, 2.45) is 0 Å². The molecule has 1 aromatic rings. The molecule has 0 amide bonds. The average Bonchev–Trinajstić information content (AvgIpc) is 2.88. The summed E-state index contributed by atoms with van der Waals surface area (Å²) in [7, 11) is 1.44. The lowest BCUT2D eigenvalue weighted by atomic mass is 9.97. The summed E-state index contributed by atoms with van der Waals surface area (Å²) in [6.07, 6.45) is 7.28. The summed E-state index contributed by atoms with van der Waals surface area (Å²) in [5, 5.41) is 3.24. The van der Waals surface area contributed by atoms with Crippen molar-refractivity contribution >= 4 is 5.97 Å². The summed E-state index contributed by atoms with van der Waals surface area (Å²) in [4.78, 5) is 16.5. The molecule has 0 bridgehead atoms. The Kier molecular flexibility index (Phi) is 4.81. The van der Waals surface area contributed by atoms with E-state index in [0.29, 0.717) is 6.42 Å². The normalized spacial score (nSPS) is 17.4. The highest BCUT2D eigenvalue weighted by Crippen LogP contribution is 2.21. The van der Waals surface area contributed by atoms with Crippen molar-refractivity contribution in [2.45, 2.75) is 58.0 Å². The number of nitrogens with one attached hydrogen (secondary N) is 1. The molecule has 1 heterocycles. The third-order valence-electron chi connectivity index (χ3n) is 4.17. The zero-order chi connectivity index (χ0) is 14.6. The molecule has 0 aromatic carbocycles. The van der Waals surface area contributed by atoms with E-state index in [0.717, 1.165) is 25.9 Å². The van der Waals surface area contributed by atoms with Crippen LogP contribution in [0.4, 0.5) is 0 Å². The summed E-state index contributed by atoms with van der Waals surface area (Å²) < 4.78 is 7.13. The highest BCUT2D eigenvalue weighted by atomic mass is 16.5. The molecule has 20 heavy (non-hydrogen) atoms. The van der Waals surface area contributed by atoms with E-state index < -0.39 is 5.54 Å². The largest absolute Gasteiger partial charge is 0.468 e. The number of likely N-dealkylation sites (N-methyl/N-ethyl adjacent to an activating group) is 1. The number of imidazole rings is 1. The standard InChI is InChI=1S/C15H25N3O2/c1-4-17-15(2,14(19)20-3)9-10-18-11-16-12-7-5-6-8-13(12)18/h11,17H,4-10H2,1-3H3. The van der Waals surface area contributed by atoms with Gasteiger partial charge in [-0.3, -0.25) is 4.79 Å². The van der Waals surface area contributed by atoms with Crippen molar-refractivity contribution < 1.29 is 9.53 Å². The number of esters is 1. The maximum absolute atomic E-state index is 12.0. The predicted octanol–water partition coefficient (Wildman–Crippen LogP) is 1.69. The predicted molar refractivity (Wildman–Crippen MR) is 77.6 cm³/mol. The Labute approximate surface area is 120 Å². The van der Waals surface area contributed by atoms with E-state index in [1.165, 1.54) is 31.3 Å². The summed E-state index contributed by atoms with van der Waals surface area (Å²) in [6.45, 7) is 5.44. The van der Waals surface area contributed by atoms with Gasteiger partial charge in [0.05, 0.1) is 19.1 Å². The molecule has 1 aromatic heterocycles. The number of hydrogen-bond acceptors (Lipinski definition) is 4. The van der Waals surface area contributed by atoms with Gasteiger partial charge in [-0.15, -0.1) is 0 Å². The van der Waals surface area contributed by atoms with Crippen molar-refractivity contribution in [2.75, 3.05) is 13.7 Å². The molecule has 5 heteroatoms. The van der Waals surface area contributed by atoms with E-state index in [9.17, 15) is 4.79 Å². The molecule has 0 saturated heterocycles. The van der Waals surface area contributed by atoms with Crippen LogP contribution in [-0.2, 0) is 28.9 Å². The third-order valence-corrected chi connectivity index (χ3v) is 4.17. The minimum Gasteiger partial charge on any atom is -0.468 e. The number of carbonyl (C=O) groups excluding carboxylic acids is 1. The summed E-state index contributed by atoms with van der Waals surface area (Å²) in [6, 6.07) is 0. The van der Waals surface area contributed by atoms with Crippen molar-refractivity contribution in [1.82, 2.24) is 14.9 Å². The van der Waals surface area contributed by atoms with Gasteiger partial charge in [-0.05, 0) is 45.6 Å². The van der Waals surface area contributed by atoms with Gasteiger partial charge in [0.2, 0.25) is 0 Å². The number of rotatable bonds is 6. The number of aromatic nitrogens is 2. The van der Waals surface area contributed by atoms with Crippen LogP contribution in [0.1, 0.15) is 44.5 Å². The summed E-state index contributed by atoms with van der Waals surface area (Å²) >= 11 is 0. The minimum atomic E-state index is -0.630. The van der Waals surface area contributed by atoms with Crippen molar-refractivity contribution in [3.63, 3.8) is 0 Å². The Morgan fingerprint density at radius 3 is 2.95 bits per heavy atom. The lowest BCUT2D eigenvalue weighted by molar-refractivity contribution is -0.148. The quantitative estimate of drug-likeness (QED) is 0.805. The van der Waals surface area contributed by atoms with Crippen LogP contribution in [0.15, 0.2) is 6.33 Å². The van der Waals surface area contributed by atoms with E-state index in [1.54, 1.807) is 0 Å². The van der Waals surface area contributed by atoms with E-state index in [4.69, 9.17) is 4.74 Å². The number of ether oxygens (including phenoxy) is 1. The van der Waals surface area contributed by atoms with Crippen molar-refractivity contribution in [1.29, 1.82) is 0 Å². The van der Waals surface area contributed by atoms with E-state index >= 15 is 0 Å². The number of methoxy groups -OCH3 is 1. The van der Waals surface area contributed by atoms with Crippen molar-refractivity contribution in [3.05, 3.63) is 17.7 Å². The van der Waals surface area contributed by atoms with Crippen LogP contribution < -0.4 is 5.32 Å². The molecule has 0 aliphatic heterocycles. The first-order chi connectivity index (χ1) is 9.60. The van der Waals surface area contributed by atoms with Gasteiger partial charge in [-0.25, -0.2) is 4.98 Å². The monoisotopic (exact) mass is 279 g/mol. The van der Waals surface area contributed by atoms with E-state index in [-0.39, 0.29) is 5.97 Å². The fourth-order valence-electron chi connectivity index (χ4n) is 2.95. The maximum atomic E-state index is 12.0. The Morgan fingerprint density at radius 2 is 2.25 bits per heavy atom. The zero-order valence-electron chi connectivity index (χ0n) is 12.7. The van der Waals surface area contributed by atoms with E-state index in [2.05, 4.69) is 14.9 Å². The highest BCUT2D eigenvalue weighted by Gasteiger charge is 2.33. The molecule has 0 spiro atoms. The molecule has 112 valence electrons. The number of carbonyl (C=O) groups is 1. The third kappa shape index (κ3) is 3.03. The Morgan fingerprint density at radius 1 is 1.50 bits per heavy atom. The molecular weight excluding hydrogens is 254 g/mol. The molecule has 0 radical (unpaired) electrons. The number of nitrogens with zero attached hydrogens (tertiary/aromatic N) is 2. The van der Waals surface area contributed by atoms with Crippen LogP contribution in [0.3, 0.4) is 0 Å². The Bertz CT molecular complexity index is 470. The van der Waals surface area contributed by atoms with Crippen LogP contribution in [0.5, 0.6) is 0 Å². The molecule has 0 saturated carbocycles. The van der Waals surface area contributed by atoms with Gasteiger partial charge >= 0.3 is 5.97 Å². The van der Waals surface area contributed by atoms with Crippen LogP contribution >= 0.6 is 0 Å². The molecule has 1 aliphatic carbocycles. The molecule has 1 atom stereocenters. The molecule has 0 fully saturated rings. The second-order valence-electron chi connectivity index (χ2n) is 5.64. The molecule has 2 rings (SSSR count). The Hall–Kier alpha value is -1.36. The smallest absolute Gasteiger partial charge is 0.325 e. The van der Waals surface area contributed by atoms with Crippen molar-refractivity contribution in [3.8, 4) is 0 Å². The second-order valence-corrected chi connectivity index (χ2v) is 5.64. The average molecular weight is 279 g/mol. The fraction of sp³-hybridized carbons (Fsp3) is 0.733. The van der Waals surface area contributed by atoms with Crippen LogP contribution in [0.2, 0.25) is 0 Å². The molecule has 1 N–H and O–H groups in total. The first-order valence-corrected chi connectivity index (χ1v) is 7.47. The maximum Gasteiger partial charge on any atom is 0.325 e. The van der Waals surface area contributed by atoms with Gasteiger partial charge in [-0.2, -0.15) is 0 Å². The number of fused-ring (bicyclic) bond motifs is 1. The van der Waals surface area contributed by atoms with E-state index in [1.807, 2.05) is 20.2 Å². The SMILES string of the molecule is CCNC(C)(CCn1cnc2c1CCCC2)C(=O)OC. The van der Waals surface area contributed by atoms with Crippen LogP contribution in [0, 0.1) is 0 Å². The lowest BCUT2D eigenvalue weighted by Gasteiger charge is -2.28. The van der Waals surface area contributed by atoms with Crippen LogP contribution in [-0.4, -0.2) is 34.7 Å². The Balaban J connectivity index is 2.06. The molecule has 1 aliphatic rings. The van der Waals surface area contributed by atoms with Gasteiger partial charge in [-0.1, -0.05) is 6.92 Å². The van der Waals surface area contributed by atoms with Crippen LogP contribution in [0.25, 0.3) is 0 Å². The molecule has 1 unspecified atom stereocenters.